The number of nitriles is 1. The highest BCUT2D eigenvalue weighted by atomic mass is 35.5. The molecule has 3 aromatic rings. The van der Waals surface area contributed by atoms with Crippen molar-refractivity contribution in [2.24, 2.45) is 5.10 Å². The maximum Gasteiger partial charge on any atom is 0.274 e. The van der Waals surface area contributed by atoms with Crippen LogP contribution in [0.4, 0.5) is 4.39 Å². The molecule has 1 amide bonds. The predicted molar refractivity (Wildman–Crippen MR) is 138 cm³/mol. The molecule has 6 nitrogen and oxygen atoms in total. The van der Waals surface area contributed by atoms with Crippen LogP contribution >= 0.6 is 23.2 Å². The van der Waals surface area contributed by atoms with Crippen molar-refractivity contribution in [3.05, 3.63) is 105 Å². The van der Waals surface area contributed by atoms with Crippen LogP contribution in [0.5, 0.6) is 11.5 Å². The number of rotatable bonds is 10. The van der Waals surface area contributed by atoms with Crippen molar-refractivity contribution in [2.75, 3.05) is 6.61 Å². The van der Waals surface area contributed by atoms with E-state index in [1.165, 1.54) is 18.3 Å². The highest BCUT2D eigenvalue weighted by molar-refractivity contribution is 6.35. The van der Waals surface area contributed by atoms with Gasteiger partial charge >= 0.3 is 0 Å². The Morgan fingerprint density at radius 3 is 2.64 bits per heavy atom. The molecule has 0 saturated carbocycles. The highest BCUT2D eigenvalue weighted by Gasteiger charge is 2.15. The molecule has 9 heteroatoms. The Morgan fingerprint density at radius 1 is 1.17 bits per heavy atom. The third kappa shape index (κ3) is 6.85. The molecule has 0 atom stereocenters. The zero-order valence-corrected chi connectivity index (χ0v) is 20.9. The summed E-state index contributed by atoms with van der Waals surface area (Å²) in [6.45, 7) is 6.24. The molecule has 0 aromatic heterocycles. The Bertz CT molecular complexity index is 1350. The van der Waals surface area contributed by atoms with E-state index in [1.807, 2.05) is 19.1 Å². The topological polar surface area (TPSA) is 83.7 Å². The first kappa shape index (κ1) is 26.7. The molecule has 3 rings (SSSR count). The second-order valence-electron chi connectivity index (χ2n) is 7.46. The van der Waals surface area contributed by atoms with Gasteiger partial charge in [0, 0.05) is 21.2 Å². The molecule has 0 aliphatic rings. The van der Waals surface area contributed by atoms with Crippen molar-refractivity contribution in [3.8, 4) is 17.6 Å². The zero-order chi connectivity index (χ0) is 26.1. The molecule has 3 aromatic carbocycles. The van der Waals surface area contributed by atoms with Crippen molar-refractivity contribution in [1.82, 2.24) is 5.43 Å². The van der Waals surface area contributed by atoms with Crippen molar-refractivity contribution in [3.63, 3.8) is 0 Å². The lowest BCUT2D eigenvalue weighted by atomic mass is 10.1. The van der Waals surface area contributed by atoms with Gasteiger partial charge in [0.1, 0.15) is 12.4 Å². The van der Waals surface area contributed by atoms with E-state index < -0.39 is 11.7 Å². The van der Waals surface area contributed by atoms with Crippen molar-refractivity contribution in [2.45, 2.75) is 20.0 Å². The fourth-order valence-electron chi connectivity index (χ4n) is 3.27. The Balaban J connectivity index is 1.82. The molecular weight excluding hydrogens is 504 g/mol. The van der Waals surface area contributed by atoms with Crippen LogP contribution in [-0.4, -0.2) is 18.7 Å². The van der Waals surface area contributed by atoms with Crippen LogP contribution in [0.25, 0.3) is 0 Å². The fourth-order valence-corrected chi connectivity index (χ4v) is 3.74. The highest BCUT2D eigenvalue weighted by Crippen LogP contribution is 2.35. The van der Waals surface area contributed by atoms with Crippen LogP contribution in [0.15, 0.2) is 66.3 Å². The van der Waals surface area contributed by atoms with E-state index in [0.717, 1.165) is 17.2 Å². The van der Waals surface area contributed by atoms with Gasteiger partial charge in [-0.3, -0.25) is 4.79 Å². The van der Waals surface area contributed by atoms with Gasteiger partial charge in [0.15, 0.2) is 11.5 Å². The van der Waals surface area contributed by atoms with Gasteiger partial charge < -0.3 is 9.47 Å². The number of hydrogen-bond donors (Lipinski definition) is 1. The van der Waals surface area contributed by atoms with E-state index in [-0.39, 0.29) is 17.7 Å². The summed E-state index contributed by atoms with van der Waals surface area (Å²) in [5, 5.41) is 13.8. The summed E-state index contributed by atoms with van der Waals surface area (Å²) >= 11 is 12.2. The second-order valence-corrected chi connectivity index (χ2v) is 8.31. The number of ether oxygens (including phenoxy) is 2. The van der Waals surface area contributed by atoms with Gasteiger partial charge in [0.2, 0.25) is 0 Å². The molecule has 0 bridgehead atoms. The first-order valence-corrected chi connectivity index (χ1v) is 11.6. The molecular formula is C27H22Cl2FN3O3. The third-order valence-electron chi connectivity index (χ3n) is 4.93. The van der Waals surface area contributed by atoms with Gasteiger partial charge in [-0.25, -0.2) is 9.82 Å². The number of amides is 1. The number of benzene rings is 3. The minimum Gasteiger partial charge on any atom is -0.490 e. The second kappa shape index (κ2) is 12.7. The SMILES string of the molecule is C=CCc1cc(/C=N\NC(=O)c2ccc(C#N)cc2F)cc(OCC)c1OCc1ccc(Cl)cc1Cl. The van der Waals surface area contributed by atoms with E-state index in [1.54, 1.807) is 30.3 Å². The fraction of sp³-hybridized carbons (Fsp3) is 0.148. The standard InChI is InChI=1S/C27H22Cl2FN3O3/c1-3-5-19-10-18(15-32-33-27(34)22-9-6-17(14-31)11-24(22)30)12-25(35-4-2)26(19)36-16-20-7-8-21(28)13-23(20)29/h3,6-13,15H,1,4-5,16H2,2H3,(H,33,34)/b32-15-. The van der Waals surface area contributed by atoms with E-state index in [4.69, 9.17) is 37.9 Å². The molecule has 0 aliphatic carbocycles. The normalized spacial score (nSPS) is 10.6. The Labute approximate surface area is 218 Å². The monoisotopic (exact) mass is 525 g/mol. The van der Waals surface area contributed by atoms with Crippen molar-refractivity contribution >= 4 is 35.3 Å². The summed E-state index contributed by atoms with van der Waals surface area (Å²) in [5.41, 5.74) is 4.35. The van der Waals surface area contributed by atoms with Crippen LogP contribution in [-0.2, 0) is 13.0 Å². The van der Waals surface area contributed by atoms with E-state index in [0.29, 0.717) is 40.1 Å². The van der Waals surface area contributed by atoms with Gasteiger partial charge in [0.05, 0.1) is 30.0 Å². The van der Waals surface area contributed by atoms with Gasteiger partial charge in [-0.05, 0) is 61.4 Å². The van der Waals surface area contributed by atoms with Gasteiger partial charge in [0.25, 0.3) is 5.91 Å². The third-order valence-corrected chi connectivity index (χ3v) is 5.51. The Hall–Kier alpha value is -3.86. The smallest absolute Gasteiger partial charge is 0.274 e. The number of halogens is 3. The first-order chi connectivity index (χ1) is 17.4. The number of carbonyl (C=O) groups is 1. The van der Waals surface area contributed by atoms with Crippen LogP contribution in [0.2, 0.25) is 10.0 Å². The lowest BCUT2D eigenvalue weighted by molar-refractivity contribution is 0.0951. The number of nitrogens with one attached hydrogen (secondary N) is 1. The molecule has 0 heterocycles. The lowest BCUT2D eigenvalue weighted by Gasteiger charge is -2.17. The predicted octanol–water partition coefficient (Wildman–Crippen LogP) is 6.47. The number of nitrogens with zero attached hydrogens (tertiary/aromatic N) is 2. The number of carbonyl (C=O) groups excluding carboxylic acids is 1. The molecule has 36 heavy (non-hydrogen) atoms. The molecule has 0 fully saturated rings. The zero-order valence-electron chi connectivity index (χ0n) is 19.4. The maximum atomic E-state index is 14.1. The van der Waals surface area contributed by atoms with E-state index in [9.17, 15) is 9.18 Å². The van der Waals surface area contributed by atoms with Crippen LogP contribution < -0.4 is 14.9 Å². The molecule has 0 spiro atoms. The molecule has 184 valence electrons. The molecule has 0 radical (unpaired) electrons. The summed E-state index contributed by atoms with van der Waals surface area (Å²) in [6.07, 6.45) is 3.62. The summed E-state index contributed by atoms with van der Waals surface area (Å²) < 4.78 is 26.0. The summed E-state index contributed by atoms with van der Waals surface area (Å²) in [5.74, 6) is -0.545. The average Bonchev–Trinajstić information content (AvgIpc) is 2.84. The number of hydrogen-bond acceptors (Lipinski definition) is 5. The molecule has 0 aliphatic heterocycles. The molecule has 1 N–H and O–H groups in total. The Kier molecular flexibility index (Phi) is 9.46. The minimum atomic E-state index is -0.809. The molecule has 0 unspecified atom stereocenters. The van der Waals surface area contributed by atoms with Crippen LogP contribution in [0.3, 0.4) is 0 Å². The summed E-state index contributed by atoms with van der Waals surface area (Å²) in [7, 11) is 0. The minimum absolute atomic E-state index is 0.117. The largest absolute Gasteiger partial charge is 0.490 e. The van der Waals surface area contributed by atoms with Crippen LogP contribution in [0, 0.1) is 17.1 Å². The average molecular weight is 526 g/mol. The maximum absolute atomic E-state index is 14.1. The number of allylic oxidation sites excluding steroid dienone is 1. The Morgan fingerprint density at radius 2 is 1.97 bits per heavy atom. The van der Waals surface area contributed by atoms with Gasteiger partial charge in [-0.15, -0.1) is 6.58 Å². The van der Waals surface area contributed by atoms with Gasteiger partial charge in [-0.2, -0.15) is 10.4 Å². The van der Waals surface area contributed by atoms with Crippen molar-refractivity contribution in [1.29, 1.82) is 5.26 Å². The number of hydrazone groups is 1. The first-order valence-electron chi connectivity index (χ1n) is 10.9. The molecule has 0 saturated heterocycles. The van der Waals surface area contributed by atoms with Gasteiger partial charge in [-0.1, -0.05) is 35.3 Å². The lowest BCUT2D eigenvalue weighted by Crippen LogP contribution is -2.19. The van der Waals surface area contributed by atoms with Crippen molar-refractivity contribution < 1.29 is 18.7 Å². The summed E-state index contributed by atoms with van der Waals surface area (Å²) in [4.78, 5) is 12.3. The van der Waals surface area contributed by atoms with E-state index in [2.05, 4.69) is 17.1 Å². The summed E-state index contributed by atoms with van der Waals surface area (Å²) in [6, 6.07) is 14.1. The van der Waals surface area contributed by atoms with Crippen LogP contribution in [0.1, 0.15) is 39.5 Å². The van der Waals surface area contributed by atoms with E-state index >= 15 is 0 Å². The quantitative estimate of drug-likeness (QED) is 0.186.